The number of nitrogens with one attached hydrogen (secondary N) is 2. The van der Waals surface area contributed by atoms with Crippen molar-refractivity contribution < 1.29 is 23.8 Å². The number of hydrogen-bond acceptors (Lipinski definition) is 7. The summed E-state index contributed by atoms with van der Waals surface area (Å²) in [6.45, 7) is 8.14. The number of hydrogen-bond donors (Lipinski definition) is 3. The molecule has 0 atom stereocenters. The fourth-order valence-electron chi connectivity index (χ4n) is 3.64. The Morgan fingerprint density at radius 2 is 1.95 bits per heavy atom. The van der Waals surface area contributed by atoms with E-state index in [0.717, 1.165) is 5.69 Å². The smallest absolute Gasteiger partial charge is 0.251 e. The van der Waals surface area contributed by atoms with Gasteiger partial charge in [-0.1, -0.05) is 0 Å². The van der Waals surface area contributed by atoms with Gasteiger partial charge in [0, 0.05) is 49.4 Å². The lowest BCUT2D eigenvalue weighted by atomic mass is 10.1. The molecule has 0 spiro atoms. The number of aliphatic hydroxyl groups is 1. The van der Waals surface area contributed by atoms with Crippen LogP contribution in [-0.2, 0) is 16.8 Å². The fraction of sp³-hybridized carbons (Fsp3) is 0.310. The molecule has 0 saturated heterocycles. The van der Waals surface area contributed by atoms with Crippen LogP contribution in [0.2, 0.25) is 0 Å². The van der Waals surface area contributed by atoms with Crippen molar-refractivity contribution in [2.24, 2.45) is 0 Å². The molecule has 2 heterocycles. The second-order valence-electron chi connectivity index (χ2n) is 9.80. The summed E-state index contributed by atoms with van der Waals surface area (Å²) in [5, 5.41) is 19.3. The fourth-order valence-corrected chi connectivity index (χ4v) is 3.64. The number of halogens is 1. The molecule has 2 aromatic carbocycles. The first-order valence-electron chi connectivity index (χ1n) is 12.5. The van der Waals surface area contributed by atoms with Crippen LogP contribution in [0.3, 0.4) is 0 Å². The molecule has 0 aliphatic rings. The van der Waals surface area contributed by atoms with Crippen LogP contribution in [0.1, 0.15) is 42.3 Å². The van der Waals surface area contributed by atoms with Crippen LogP contribution in [0, 0.1) is 12.7 Å². The van der Waals surface area contributed by atoms with E-state index in [-0.39, 0.29) is 31.0 Å². The number of aromatic nitrogens is 3. The first-order valence-corrected chi connectivity index (χ1v) is 12.5. The highest BCUT2D eigenvalue weighted by Gasteiger charge is 2.14. The monoisotopic (exact) mass is 535 g/mol. The summed E-state index contributed by atoms with van der Waals surface area (Å²) in [6, 6.07) is 9.42. The highest BCUT2D eigenvalue weighted by Crippen LogP contribution is 2.32. The Morgan fingerprint density at radius 3 is 2.56 bits per heavy atom. The number of rotatable bonds is 8. The highest BCUT2D eigenvalue weighted by atomic mass is 19.1. The Morgan fingerprint density at radius 1 is 1.18 bits per heavy atom. The number of ether oxygens (including phenoxy) is 1. The van der Waals surface area contributed by atoms with E-state index >= 15 is 0 Å². The van der Waals surface area contributed by atoms with Gasteiger partial charge in [0.1, 0.15) is 23.6 Å². The summed E-state index contributed by atoms with van der Waals surface area (Å²) < 4.78 is 22.1. The minimum Gasteiger partial charge on any atom is -0.456 e. The van der Waals surface area contributed by atoms with Crippen molar-refractivity contribution in [2.75, 3.05) is 25.5 Å². The van der Waals surface area contributed by atoms with Gasteiger partial charge in [-0.25, -0.2) is 4.39 Å². The summed E-state index contributed by atoms with van der Waals surface area (Å²) in [5.41, 5.74) is 3.13. The molecular formula is C29H34FN5O4. The number of nitrogens with zero attached hydrogens (tertiary/aromatic N) is 3. The van der Waals surface area contributed by atoms with Gasteiger partial charge < -0.3 is 25.3 Å². The van der Waals surface area contributed by atoms with Crippen molar-refractivity contribution in [1.29, 1.82) is 0 Å². The van der Waals surface area contributed by atoms with E-state index in [1.54, 1.807) is 43.5 Å². The molecule has 4 aromatic rings. The molecule has 0 aliphatic carbocycles. The average molecular weight is 536 g/mol. The molecule has 10 heteroatoms. The molecule has 0 radical (unpaired) electrons. The van der Waals surface area contributed by atoms with Crippen LogP contribution in [0.5, 0.6) is 11.5 Å². The van der Waals surface area contributed by atoms with Crippen LogP contribution < -0.4 is 15.4 Å². The summed E-state index contributed by atoms with van der Waals surface area (Å²) in [6.07, 6.45) is 6.04. The second-order valence-corrected chi connectivity index (χ2v) is 9.80. The van der Waals surface area contributed by atoms with Gasteiger partial charge in [-0.2, -0.15) is 5.10 Å². The van der Waals surface area contributed by atoms with Crippen molar-refractivity contribution in [3.8, 4) is 11.5 Å². The normalized spacial score (nSPS) is 10.9. The van der Waals surface area contributed by atoms with Crippen molar-refractivity contribution in [3.63, 3.8) is 0 Å². The van der Waals surface area contributed by atoms with Crippen molar-refractivity contribution in [1.82, 2.24) is 20.1 Å². The first kappa shape index (κ1) is 29.2. The van der Waals surface area contributed by atoms with Gasteiger partial charge in [-0.05, 0) is 69.2 Å². The molecule has 0 fully saturated rings. The van der Waals surface area contributed by atoms with E-state index in [9.17, 15) is 14.0 Å². The number of fused-ring (bicyclic) bond motifs is 1. The Balaban J connectivity index is 0.000000320. The van der Waals surface area contributed by atoms with Gasteiger partial charge in [0.05, 0.1) is 29.5 Å². The minimum absolute atomic E-state index is 0.00253. The molecule has 0 unspecified atom stereocenters. The molecule has 0 saturated carbocycles. The van der Waals surface area contributed by atoms with Crippen LogP contribution in [-0.4, -0.2) is 52.3 Å². The maximum atomic E-state index is 14.2. The van der Waals surface area contributed by atoms with E-state index in [1.165, 1.54) is 6.07 Å². The predicted octanol–water partition coefficient (Wildman–Crippen LogP) is 4.62. The number of carbonyl (C=O) groups is 2. The number of aliphatic hydroxyl groups excluding tert-OH is 1. The zero-order valence-corrected chi connectivity index (χ0v) is 22.8. The zero-order valence-electron chi connectivity index (χ0n) is 22.8. The second kappa shape index (κ2) is 13.0. The number of aldehydes is 1. The quantitative estimate of drug-likeness (QED) is 0.282. The number of carbonyl (C=O) groups excluding carboxylic acids is 2. The molecule has 39 heavy (non-hydrogen) atoms. The van der Waals surface area contributed by atoms with E-state index in [2.05, 4.69) is 41.5 Å². The van der Waals surface area contributed by atoms with Crippen molar-refractivity contribution >= 4 is 28.8 Å². The Kier molecular flexibility index (Phi) is 9.73. The number of pyridine rings is 1. The summed E-state index contributed by atoms with van der Waals surface area (Å²) in [4.78, 5) is 27.1. The van der Waals surface area contributed by atoms with Crippen LogP contribution >= 0.6 is 0 Å². The molecule has 1 amide bonds. The summed E-state index contributed by atoms with van der Waals surface area (Å²) >= 11 is 0. The van der Waals surface area contributed by atoms with Gasteiger partial charge >= 0.3 is 0 Å². The maximum Gasteiger partial charge on any atom is 0.251 e. The largest absolute Gasteiger partial charge is 0.456 e. The van der Waals surface area contributed by atoms with E-state index in [0.29, 0.717) is 45.4 Å². The van der Waals surface area contributed by atoms with Gasteiger partial charge in [0.2, 0.25) is 0 Å². The lowest BCUT2D eigenvalue weighted by Crippen LogP contribution is -2.26. The molecule has 2 aromatic heterocycles. The van der Waals surface area contributed by atoms with Gasteiger partial charge in [0.25, 0.3) is 5.91 Å². The topological polar surface area (TPSA) is 118 Å². The van der Waals surface area contributed by atoms with Crippen LogP contribution in [0.4, 0.5) is 10.1 Å². The Labute approximate surface area is 227 Å². The predicted molar refractivity (Wildman–Crippen MR) is 149 cm³/mol. The average Bonchev–Trinajstić information content (AvgIpc) is 3.41. The number of aryl methyl sites for hydroxylation is 1. The zero-order chi connectivity index (χ0) is 28.6. The molecule has 0 bridgehead atoms. The minimum atomic E-state index is -0.518. The molecule has 3 N–H and O–H groups in total. The van der Waals surface area contributed by atoms with Crippen LogP contribution in [0.25, 0.3) is 10.9 Å². The van der Waals surface area contributed by atoms with E-state index in [4.69, 9.17) is 9.84 Å². The number of benzene rings is 2. The number of amides is 1. The standard InChI is InChI=1S/C21H19FN2O4.C8H15N3/c1-13-10-14(5-8-25)17(22)12-20(13)28-19-4-6-23-18-3-2-15(11-16(18)19)21(27)24-7-9-26;1-8(2,3)11-6-7(9-4)5-10-11/h2-4,6,8,10-12,26H,5,7,9H2,1H3,(H,24,27);5-6,9H,1-4H3. The third-order valence-corrected chi connectivity index (χ3v) is 5.79. The van der Waals surface area contributed by atoms with Gasteiger partial charge in [0.15, 0.2) is 0 Å². The van der Waals surface area contributed by atoms with Crippen molar-refractivity contribution in [3.05, 3.63) is 77.5 Å². The van der Waals surface area contributed by atoms with Crippen molar-refractivity contribution in [2.45, 2.75) is 39.7 Å². The molecule has 206 valence electrons. The lowest BCUT2D eigenvalue weighted by Gasteiger charge is -2.18. The molecular weight excluding hydrogens is 501 g/mol. The molecule has 4 rings (SSSR count). The summed E-state index contributed by atoms with van der Waals surface area (Å²) in [5.74, 6) is -0.108. The highest BCUT2D eigenvalue weighted by molar-refractivity contribution is 5.99. The SMILES string of the molecule is CNc1cnn(C(C)(C)C)c1.Cc1cc(CC=O)c(F)cc1Oc1ccnc2ccc(C(=O)NCCO)cc12. The third-order valence-electron chi connectivity index (χ3n) is 5.79. The first-order chi connectivity index (χ1) is 18.6. The van der Waals surface area contributed by atoms with E-state index < -0.39 is 5.82 Å². The maximum absolute atomic E-state index is 14.2. The Bertz CT molecular complexity index is 1450. The molecule has 9 nitrogen and oxygen atoms in total. The van der Waals surface area contributed by atoms with Crippen LogP contribution in [0.15, 0.2) is 55.0 Å². The molecule has 0 aliphatic heterocycles. The lowest BCUT2D eigenvalue weighted by molar-refractivity contribution is -0.107. The Hall–Kier alpha value is -4.31. The number of anilines is 1. The van der Waals surface area contributed by atoms with Gasteiger partial charge in [-0.15, -0.1) is 0 Å². The van der Waals surface area contributed by atoms with Gasteiger partial charge in [-0.3, -0.25) is 14.5 Å². The summed E-state index contributed by atoms with van der Waals surface area (Å²) in [7, 11) is 1.89. The third kappa shape index (κ3) is 7.61. The van der Waals surface area contributed by atoms with E-state index in [1.807, 2.05) is 24.1 Å².